The van der Waals surface area contributed by atoms with E-state index in [9.17, 15) is 9.59 Å². The minimum Gasteiger partial charge on any atom is -0.497 e. The highest BCUT2D eigenvalue weighted by atomic mass is 16.5. The predicted octanol–water partition coefficient (Wildman–Crippen LogP) is 3.10. The Bertz CT molecular complexity index is 844. The van der Waals surface area contributed by atoms with E-state index in [4.69, 9.17) is 9.47 Å². The molecule has 142 valence electrons. The zero-order chi connectivity index (χ0) is 19.8. The smallest absolute Gasteiger partial charge is 0.238 e. The van der Waals surface area contributed by atoms with Gasteiger partial charge in [0.15, 0.2) is 5.78 Å². The Morgan fingerprint density at radius 2 is 1.85 bits per heavy atom. The van der Waals surface area contributed by atoms with Crippen molar-refractivity contribution >= 4 is 23.5 Å². The standard InChI is InChI=1S/C21H24N2O4/c1-23(2)14-21(25)22-17-7-5-6-15(12-17)19(24)10-8-16-13-18(26-3)9-11-20(16)27-4/h5-13H,14H2,1-4H3,(H,22,25)/b10-8+. The number of rotatable bonds is 8. The van der Waals surface area contributed by atoms with E-state index in [1.54, 1.807) is 67.7 Å². The van der Waals surface area contributed by atoms with Crippen LogP contribution in [0.25, 0.3) is 6.08 Å². The van der Waals surface area contributed by atoms with Crippen LogP contribution in [0, 0.1) is 0 Å². The number of allylic oxidation sites excluding steroid dienone is 1. The molecule has 0 radical (unpaired) electrons. The normalized spacial score (nSPS) is 10.9. The molecule has 6 heteroatoms. The molecular weight excluding hydrogens is 344 g/mol. The summed E-state index contributed by atoms with van der Waals surface area (Å²) >= 11 is 0. The van der Waals surface area contributed by atoms with Crippen molar-refractivity contribution in [3.63, 3.8) is 0 Å². The number of anilines is 1. The minimum absolute atomic E-state index is 0.138. The van der Waals surface area contributed by atoms with Crippen LogP contribution in [0.3, 0.4) is 0 Å². The summed E-state index contributed by atoms with van der Waals surface area (Å²) in [6.07, 6.45) is 3.15. The van der Waals surface area contributed by atoms with Crippen molar-refractivity contribution < 1.29 is 19.1 Å². The van der Waals surface area contributed by atoms with E-state index in [-0.39, 0.29) is 18.2 Å². The van der Waals surface area contributed by atoms with Crippen LogP contribution in [0.5, 0.6) is 11.5 Å². The molecule has 0 aliphatic heterocycles. The predicted molar refractivity (Wildman–Crippen MR) is 107 cm³/mol. The number of ether oxygens (including phenoxy) is 2. The van der Waals surface area contributed by atoms with Crippen molar-refractivity contribution in [2.45, 2.75) is 0 Å². The molecule has 0 saturated carbocycles. The molecule has 0 atom stereocenters. The molecule has 0 aliphatic carbocycles. The molecule has 0 heterocycles. The van der Waals surface area contributed by atoms with Gasteiger partial charge in [0.05, 0.1) is 20.8 Å². The Morgan fingerprint density at radius 1 is 1.07 bits per heavy atom. The second kappa shape index (κ2) is 9.54. The van der Waals surface area contributed by atoms with Crippen molar-refractivity contribution in [3.8, 4) is 11.5 Å². The minimum atomic E-state index is -0.177. The van der Waals surface area contributed by atoms with E-state index in [1.807, 2.05) is 14.1 Å². The Morgan fingerprint density at radius 3 is 2.52 bits per heavy atom. The van der Waals surface area contributed by atoms with Crippen LogP contribution in [0.4, 0.5) is 5.69 Å². The van der Waals surface area contributed by atoms with E-state index >= 15 is 0 Å². The van der Waals surface area contributed by atoms with Gasteiger partial charge in [-0.1, -0.05) is 12.1 Å². The van der Waals surface area contributed by atoms with Gasteiger partial charge in [-0.3, -0.25) is 9.59 Å². The van der Waals surface area contributed by atoms with E-state index in [2.05, 4.69) is 5.32 Å². The number of nitrogens with zero attached hydrogens (tertiary/aromatic N) is 1. The van der Waals surface area contributed by atoms with Crippen LogP contribution in [-0.2, 0) is 4.79 Å². The highest BCUT2D eigenvalue weighted by molar-refractivity contribution is 6.07. The molecule has 0 unspecified atom stereocenters. The van der Waals surface area contributed by atoms with Gasteiger partial charge in [0.1, 0.15) is 11.5 Å². The lowest BCUT2D eigenvalue weighted by atomic mass is 10.1. The summed E-state index contributed by atoms with van der Waals surface area (Å²) in [5, 5.41) is 2.78. The first-order valence-electron chi connectivity index (χ1n) is 8.42. The third-order valence-corrected chi connectivity index (χ3v) is 3.74. The van der Waals surface area contributed by atoms with Gasteiger partial charge in [0.2, 0.25) is 5.91 Å². The van der Waals surface area contributed by atoms with E-state index in [0.29, 0.717) is 22.7 Å². The first-order valence-corrected chi connectivity index (χ1v) is 8.42. The van der Waals surface area contributed by atoms with Gasteiger partial charge in [-0.25, -0.2) is 0 Å². The Kier molecular flexibility index (Phi) is 7.14. The maximum absolute atomic E-state index is 12.5. The average molecular weight is 368 g/mol. The number of hydrogen-bond donors (Lipinski definition) is 1. The van der Waals surface area contributed by atoms with E-state index in [1.165, 1.54) is 6.08 Å². The monoisotopic (exact) mass is 368 g/mol. The topological polar surface area (TPSA) is 67.9 Å². The molecule has 1 amide bonds. The number of hydrogen-bond acceptors (Lipinski definition) is 5. The van der Waals surface area contributed by atoms with Crippen molar-refractivity contribution in [3.05, 3.63) is 59.7 Å². The Labute approximate surface area is 159 Å². The van der Waals surface area contributed by atoms with Crippen LogP contribution in [0.15, 0.2) is 48.5 Å². The largest absolute Gasteiger partial charge is 0.497 e. The molecule has 2 aromatic carbocycles. The zero-order valence-electron chi connectivity index (χ0n) is 16.0. The summed E-state index contributed by atoms with van der Waals surface area (Å²) < 4.78 is 10.5. The second-order valence-corrected chi connectivity index (χ2v) is 6.17. The summed E-state index contributed by atoms with van der Waals surface area (Å²) in [7, 11) is 6.78. The lowest BCUT2D eigenvalue weighted by Gasteiger charge is -2.10. The molecule has 2 rings (SSSR count). The number of ketones is 1. The number of benzene rings is 2. The van der Waals surface area contributed by atoms with Crippen LogP contribution in [-0.4, -0.2) is 51.5 Å². The number of nitrogens with one attached hydrogen (secondary N) is 1. The summed E-state index contributed by atoms with van der Waals surface area (Å²) in [6, 6.07) is 12.2. The van der Waals surface area contributed by atoms with E-state index in [0.717, 1.165) is 5.56 Å². The summed E-state index contributed by atoms with van der Waals surface area (Å²) in [4.78, 5) is 26.1. The SMILES string of the molecule is COc1ccc(OC)c(/C=C/C(=O)c2cccc(NC(=O)CN(C)C)c2)c1. The van der Waals surface area contributed by atoms with Crippen LogP contribution in [0.2, 0.25) is 0 Å². The van der Waals surface area contributed by atoms with Crippen LogP contribution in [0.1, 0.15) is 15.9 Å². The van der Waals surface area contributed by atoms with Gasteiger partial charge in [-0.2, -0.15) is 0 Å². The molecule has 0 spiro atoms. The van der Waals surface area contributed by atoms with E-state index < -0.39 is 0 Å². The van der Waals surface area contributed by atoms with Crippen molar-refractivity contribution in [1.29, 1.82) is 0 Å². The second-order valence-electron chi connectivity index (χ2n) is 6.17. The molecular formula is C21H24N2O4. The quantitative estimate of drug-likeness (QED) is 0.573. The molecule has 0 aliphatic rings. The van der Waals surface area contributed by atoms with Gasteiger partial charge < -0.3 is 19.7 Å². The average Bonchev–Trinajstić information content (AvgIpc) is 2.65. The fourth-order valence-corrected chi connectivity index (χ4v) is 2.47. The number of likely N-dealkylation sites (N-methyl/N-ethyl adjacent to an activating group) is 1. The molecule has 2 aromatic rings. The fraction of sp³-hybridized carbons (Fsp3) is 0.238. The molecule has 0 saturated heterocycles. The zero-order valence-corrected chi connectivity index (χ0v) is 16.0. The number of methoxy groups -OCH3 is 2. The first-order chi connectivity index (χ1) is 12.9. The molecule has 0 bridgehead atoms. The maximum Gasteiger partial charge on any atom is 0.238 e. The lowest BCUT2D eigenvalue weighted by molar-refractivity contribution is -0.116. The van der Waals surface area contributed by atoms with Gasteiger partial charge >= 0.3 is 0 Å². The highest BCUT2D eigenvalue weighted by Crippen LogP contribution is 2.25. The number of carbonyl (C=O) groups excluding carboxylic acids is 2. The summed E-state index contributed by atoms with van der Waals surface area (Å²) in [5.41, 5.74) is 1.80. The first kappa shape index (κ1) is 20.2. The van der Waals surface area contributed by atoms with Gasteiger partial charge in [0, 0.05) is 16.8 Å². The maximum atomic E-state index is 12.5. The van der Waals surface area contributed by atoms with Crippen molar-refractivity contribution in [1.82, 2.24) is 4.90 Å². The summed E-state index contributed by atoms with van der Waals surface area (Å²) in [6.45, 7) is 0.272. The molecule has 1 N–H and O–H groups in total. The van der Waals surface area contributed by atoms with Crippen molar-refractivity contribution in [2.75, 3.05) is 40.2 Å². The molecule has 0 fully saturated rings. The number of amides is 1. The summed E-state index contributed by atoms with van der Waals surface area (Å²) in [5.74, 6) is 1.00. The third-order valence-electron chi connectivity index (χ3n) is 3.74. The van der Waals surface area contributed by atoms with Crippen molar-refractivity contribution in [2.24, 2.45) is 0 Å². The van der Waals surface area contributed by atoms with Gasteiger partial charge in [-0.05, 0) is 56.6 Å². The van der Waals surface area contributed by atoms with Crippen LogP contribution < -0.4 is 14.8 Å². The number of carbonyl (C=O) groups is 2. The van der Waals surface area contributed by atoms with Gasteiger partial charge in [0.25, 0.3) is 0 Å². The van der Waals surface area contributed by atoms with Crippen LogP contribution >= 0.6 is 0 Å². The van der Waals surface area contributed by atoms with Gasteiger partial charge in [-0.15, -0.1) is 0 Å². The third kappa shape index (κ3) is 5.97. The Hall–Kier alpha value is -3.12. The molecule has 0 aromatic heterocycles. The lowest BCUT2D eigenvalue weighted by Crippen LogP contribution is -2.27. The Balaban J connectivity index is 2.15. The highest BCUT2D eigenvalue weighted by Gasteiger charge is 2.08. The fourth-order valence-electron chi connectivity index (χ4n) is 2.47. The molecule has 6 nitrogen and oxygen atoms in total. The molecule has 27 heavy (non-hydrogen) atoms.